The van der Waals surface area contributed by atoms with E-state index in [1.807, 2.05) is 0 Å². The Bertz CT molecular complexity index is 4170. The second-order valence-corrected chi connectivity index (χ2v) is 54.9. The number of carbonyl (C=O) groups is 8. The fourth-order valence-corrected chi connectivity index (χ4v) is 38.0. The van der Waals surface area contributed by atoms with Crippen LogP contribution in [0.3, 0.4) is 0 Å². The Morgan fingerprint density at radius 1 is 0.271 bits per heavy atom. The molecule has 0 aromatic carbocycles. The Morgan fingerprint density at radius 2 is 0.493 bits per heavy atom. The van der Waals surface area contributed by atoms with E-state index in [2.05, 4.69) is 196 Å². The second-order valence-electron chi connectivity index (χ2n) is 54.9. The van der Waals surface area contributed by atoms with Gasteiger partial charge in [-0.05, 0) is 390 Å². The van der Waals surface area contributed by atoms with Gasteiger partial charge in [0.2, 0.25) is 0 Å². The summed E-state index contributed by atoms with van der Waals surface area (Å²) in [6, 6.07) is 0. The average Bonchev–Trinajstić information content (AvgIpc) is 1.48. The maximum atomic E-state index is 12.2. The Balaban J connectivity index is 0.000000161. The standard InChI is InChI=1S/2C33H54O4.2C31H50O4/c2*1-8-23(21(2)3)10-9-22(4)27-13-14-28-26-12-11-24-19-25(37-31(35)20-30(34)36-7)15-17-32(24,5)29(26)16-18-33(27,28)6;2*1-20(2)8-7-9-21(3)25-12-13-26-24-11-10-22-18-23(35-29(33)19-28(32)34-6)14-16-30(22,4)27(24)15-17-31(25,26)5/h2*11,21-23,25-29H,8-10,12-20H2,1-7H3;2*10,20-21,23-27H,7-9,11-19H2,1-6H3/t22-,23-,25+,26+,27-,28+,29+,32+,33-;;21-,23+,24+,25-,26+,27+,30+,31-;/m1.1./s1. The zero-order chi connectivity index (χ0) is 105. The summed E-state index contributed by atoms with van der Waals surface area (Å²) in [7, 11) is 5.23. The van der Waals surface area contributed by atoms with Crippen LogP contribution in [-0.2, 0) is 76.3 Å². The first-order valence-corrected chi connectivity index (χ1v) is 60.1. The molecule has 16 heteroatoms. The molecule has 12 fully saturated rings. The van der Waals surface area contributed by atoms with E-state index in [-0.39, 0.29) is 71.8 Å². The van der Waals surface area contributed by atoms with Crippen LogP contribution in [0.15, 0.2) is 46.6 Å². The monoisotopic (exact) mass is 2000 g/mol. The van der Waals surface area contributed by atoms with Crippen LogP contribution in [-0.4, -0.2) is 101 Å². The molecule has 0 aliphatic heterocycles. The molecule has 0 saturated heterocycles. The van der Waals surface area contributed by atoms with E-state index >= 15 is 0 Å². The van der Waals surface area contributed by atoms with Gasteiger partial charge in [0.05, 0.1) is 28.4 Å². The zero-order valence-corrected chi connectivity index (χ0v) is 96.1. The highest BCUT2D eigenvalue weighted by Gasteiger charge is 2.65. The molecule has 0 radical (unpaired) electrons. The van der Waals surface area contributed by atoms with Crippen LogP contribution in [0.4, 0.5) is 0 Å². The molecule has 816 valence electrons. The topological polar surface area (TPSA) is 210 Å². The lowest BCUT2D eigenvalue weighted by Crippen LogP contribution is -2.51. The van der Waals surface area contributed by atoms with E-state index in [9.17, 15) is 38.4 Å². The zero-order valence-electron chi connectivity index (χ0n) is 96.1. The molecule has 16 aliphatic carbocycles. The Kier molecular flexibility index (Phi) is 39.6. The minimum absolute atomic E-state index is 0.0977. The molecule has 0 aromatic heterocycles. The van der Waals surface area contributed by atoms with Gasteiger partial charge in [0, 0.05) is 25.7 Å². The minimum Gasteiger partial charge on any atom is -0.469 e. The molecule has 0 bridgehead atoms. The number of hydrogen-bond acceptors (Lipinski definition) is 16. The van der Waals surface area contributed by atoms with Crippen LogP contribution in [0.2, 0.25) is 0 Å². The van der Waals surface area contributed by atoms with Gasteiger partial charge in [-0.25, -0.2) is 0 Å². The number of ether oxygens (including phenoxy) is 8. The number of hydrogen-bond donors (Lipinski definition) is 0. The number of methoxy groups -OCH3 is 4. The van der Waals surface area contributed by atoms with Crippen LogP contribution in [0, 0.1) is 197 Å². The van der Waals surface area contributed by atoms with Crippen molar-refractivity contribution >= 4 is 47.8 Å². The van der Waals surface area contributed by atoms with E-state index in [4.69, 9.17) is 18.9 Å². The molecule has 34 atom stereocenters. The number of fused-ring (bicyclic) bond motifs is 20. The van der Waals surface area contributed by atoms with Gasteiger partial charge in [-0.3, -0.25) is 38.4 Å². The smallest absolute Gasteiger partial charge is 0.317 e. The molecular formula is C128H208O16. The van der Waals surface area contributed by atoms with Crippen LogP contribution < -0.4 is 0 Å². The molecule has 16 aliphatic rings. The quantitative estimate of drug-likeness (QED) is 0.0254. The predicted octanol–water partition coefficient (Wildman–Crippen LogP) is 31.3. The van der Waals surface area contributed by atoms with E-state index in [1.165, 1.54) is 256 Å². The third-order valence-corrected chi connectivity index (χ3v) is 46.3. The van der Waals surface area contributed by atoms with E-state index in [0.717, 1.165) is 231 Å². The number of allylic oxidation sites excluding steroid dienone is 4. The van der Waals surface area contributed by atoms with Crippen molar-refractivity contribution in [2.75, 3.05) is 28.4 Å². The summed E-state index contributed by atoms with van der Waals surface area (Å²) >= 11 is 0. The molecule has 0 amide bonds. The van der Waals surface area contributed by atoms with Crippen molar-refractivity contribution in [2.24, 2.45) is 197 Å². The first kappa shape index (κ1) is 116. The number of esters is 8. The van der Waals surface area contributed by atoms with Gasteiger partial charge in [-0.15, -0.1) is 0 Å². The Morgan fingerprint density at radius 3 is 0.694 bits per heavy atom. The molecule has 16 rings (SSSR count). The van der Waals surface area contributed by atoms with Gasteiger partial charge in [-0.1, -0.05) is 263 Å². The van der Waals surface area contributed by atoms with E-state index in [1.54, 1.807) is 0 Å². The molecule has 12 saturated carbocycles. The normalized spacial score (nSPS) is 38.9. The summed E-state index contributed by atoms with van der Waals surface area (Å²) in [5, 5.41) is 0. The fraction of sp³-hybridized carbons (Fsp3) is 0.875. The maximum absolute atomic E-state index is 12.2. The van der Waals surface area contributed by atoms with Crippen molar-refractivity contribution in [3.63, 3.8) is 0 Å². The number of rotatable bonds is 34. The Hall–Kier alpha value is -5.28. The third kappa shape index (κ3) is 25.1. The van der Waals surface area contributed by atoms with Gasteiger partial charge in [0.1, 0.15) is 50.1 Å². The highest BCUT2D eigenvalue weighted by atomic mass is 16.6. The molecule has 0 aromatic rings. The van der Waals surface area contributed by atoms with E-state index in [0.29, 0.717) is 21.7 Å². The molecule has 0 N–H and O–H groups in total. The molecule has 144 heavy (non-hydrogen) atoms. The van der Waals surface area contributed by atoms with Crippen LogP contribution >= 0.6 is 0 Å². The van der Waals surface area contributed by atoms with Gasteiger partial charge in [0.25, 0.3) is 0 Å². The third-order valence-electron chi connectivity index (χ3n) is 46.3. The highest BCUT2D eigenvalue weighted by molar-refractivity contribution is 5.92. The van der Waals surface area contributed by atoms with Crippen LogP contribution in [0.25, 0.3) is 0 Å². The van der Waals surface area contributed by atoms with Crippen molar-refractivity contribution in [3.8, 4) is 0 Å². The summed E-state index contributed by atoms with van der Waals surface area (Å²) in [4.78, 5) is 94.4. The molecule has 17 unspecified atom stereocenters. The lowest BCUT2D eigenvalue weighted by atomic mass is 9.47. The molecule has 0 heterocycles. The minimum atomic E-state index is -0.523. The largest absolute Gasteiger partial charge is 0.469 e. The van der Waals surface area contributed by atoms with Crippen LogP contribution in [0.5, 0.6) is 0 Å². The van der Waals surface area contributed by atoms with Crippen molar-refractivity contribution in [1.82, 2.24) is 0 Å². The predicted molar refractivity (Wildman–Crippen MR) is 577 cm³/mol. The van der Waals surface area contributed by atoms with Gasteiger partial charge < -0.3 is 37.9 Å². The van der Waals surface area contributed by atoms with Gasteiger partial charge in [0.15, 0.2) is 0 Å². The molecule has 16 nitrogen and oxygen atoms in total. The van der Waals surface area contributed by atoms with Gasteiger partial charge >= 0.3 is 47.8 Å². The fourth-order valence-electron chi connectivity index (χ4n) is 38.0. The number of carbonyl (C=O) groups excluding carboxylic acids is 8. The van der Waals surface area contributed by atoms with Crippen molar-refractivity contribution < 1.29 is 76.3 Å². The average molecular weight is 2000 g/mol. The summed E-state index contributed by atoms with van der Waals surface area (Å²) in [5.41, 5.74) is 9.07. The lowest BCUT2D eigenvalue weighted by molar-refractivity contribution is -0.160. The molecular weight excluding hydrogens is 1790 g/mol. The molecule has 0 spiro atoms. The summed E-state index contributed by atoms with van der Waals surface area (Å²) in [6.07, 6.45) is 63.6. The van der Waals surface area contributed by atoms with Crippen molar-refractivity contribution in [2.45, 2.75) is 485 Å². The second kappa shape index (κ2) is 49.2. The Labute approximate surface area is 875 Å². The van der Waals surface area contributed by atoms with Crippen molar-refractivity contribution in [3.05, 3.63) is 46.6 Å². The van der Waals surface area contributed by atoms with Crippen molar-refractivity contribution in [1.29, 1.82) is 0 Å². The summed E-state index contributed by atoms with van der Waals surface area (Å²) < 4.78 is 41.2. The van der Waals surface area contributed by atoms with E-state index < -0.39 is 47.8 Å². The first-order chi connectivity index (χ1) is 68.2. The maximum Gasteiger partial charge on any atom is 0.317 e. The highest BCUT2D eigenvalue weighted by Crippen LogP contribution is 2.74. The summed E-state index contributed by atoms with van der Waals surface area (Å²) in [6.45, 7) is 54.7. The SMILES string of the molecule is CCC(CCC(C)C1CCC2C3CC=C4CC(OC(=O)CC(=O)OC)CCC4(C)C3CCC12C)C(C)C.CC[C@H](CC[C@@H](C)[C@H]1CC[C@H]2[C@@H]3CC=C4C[C@@H](OC(=O)CC(=O)OC)CC[C@]4(C)[C@H]3CC[C@]12C)C(C)C.COC(=O)CC(=O)OC1CCC2(C)C(=CCC3C2CCC2(C)C(C(C)CCCC(C)C)CCC32)C1.COC(=O)CC(=O)O[C@H]1CC[C@@]2(C)C(=CC[C@H]3[C@@H]4CC[C@H]([C@H](C)CCCC(C)C)[C@@]4(C)CC[C@@H]32)C1. The first-order valence-electron chi connectivity index (χ1n) is 60.1. The summed E-state index contributed by atoms with van der Waals surface area (Å²) in [5.74, 6) is 17.7. The lowest BCUT2D eigenvalue weighted by Gasteiger charge is -2.58. The van der Waals surface area contributed by atoms with Crippen LogP contribution in [0.1, 0.15) is 461 Å². The van der Waals surface area contributed by atoms with Gasteiger partial charge in [-0.2, -0.15) is 0 Å².